The Morgan fingerprint density at radius 3 is 2.31 bits per heavy atom. The molecule has 2 aliphatic rings. The summed E-state index contributed by atoms with van der Waals surface area (Å²) in [5.41, 5.74) is 1.13. The molecule has 0 aromatic carbocycles. The maximum absolute atomic E-state index is 12.2. The molecule has 1 aliphatic carbocycles. The van der Waals surface area contributed by atoms with E-state index < -0.39 is 5.60 Å². The molecule has 26 heavy (non-hydrogen) atoms. The smallest absolute Gasteiger partial charge is 0.410 e. The fraction of sp³-hybridized carbons (Fsp3) is 0.762. The normalized spacial score (nSPS) is 20.8. The first kappa shape index (κ1) is 19.1. The van der Waals surface area contributed by atoms with Gasteiger partial charge in [0.15, 0.2) is 0 Å². The van der Waals surface area contributed by atoms with Gasteiger partial charge < -0.3 is 9.64 Å². The van der Waals surface area contributed by atoms with Crippen LogP contribution in [0.2, 0.25) is 0 Å². The predicted molar refractivity (Wildman–Crippen MR) is 102 cm³/mol. The van der Waals surface area contributed by atoms with Crippen molar-refractivity contribution in [1.82, 2.24) is 14.9 Å². The third-order valence-corrected chi connectivity index (χ3v) is 5.60. The summed E-state index contributed by atoms with van der Waals surface area (Å²) in [6.07, 6.45) is 6.22. The van der Waals surface area contributed by atoms with E-state index in [0.717, 1.165) is 31.8 Å². The van der Waals surface area contributed by atoms with Crippen LogP contribution in [0, 0.1) is 5.41 Å². The molecule has 0 N–H and O–H groups in total. The van der Waals surface area contributed by atoms with E-state index in [-0.39, 0.29) is 11.5 Å². The highest BCUT2D eigenvalue weighted by atomic mass is 16.6. The van der Waals surface area contributed by atoms with E-state index in [4.69, 9.17) is 9.72 Å². The Kier molecular flexibility index (Phi) is 4.78. The Morgan fingerprint density at radius 2 is 1.77 bits per heavy atom. The molecular weight excluding hydrogens is 326 g/mol. The third kappa shape index (κ3) is 4.18. The Morgan fingerprint density at radius 1 is 1.15 bits per heavy atom. The number of piperidine rings is 1. The van der Waals surface area contributed by atoms with Crippen LogP contribution in [-0.4, -0.2) is 39.7 Å². The summed E-state index contributed by atoms with van der Waals surface area (Å²) in [6, 6.07) is 2.07. The second-order valence-corrected chi connectivity index (χ2v) is 10.1. The molecule has 1 saturated carbocycles. The van der Waals surface area contributed by atoms with Gasteiger partial charge in [0.2, 0.25) is 0 Å². The summed E-state index contributed by atoms with van der Waals surface area (Å²) >= 11 is 0. The fourth-order valence-electron chi connectivity index (χ4n) is 4.05. The molecule has 3 rings (SSSR count). The summed E-state index contributed by atoms with van der Waals surface area (Å²) in [6.45, 7) is 13.8. The molecule has 5 heteroatoms. The van der Waals surface area contributed by atoms with Crippen molar-refractivity contribution in [3.63, 3.8) is 0 Å². The maximum Gasteiger partial charge on any atom is 0.410 e. The highest BCUT2D eigenvalue weighted by Crippen LogP contribution is 2.56. The number of ether oxygens (including phenoxy) is 1. The molecule has 144 valence electrons. The van der Waals surface area contributed by atoms with E-state index >= 15 is 0 Å². The topological polar surface area (TPSA) is 55.3 Å². The van der Waals surface area contributed by atoms with Crippen molar-refractivity contribution in [2.24, 2.45) is 5.41 Å². The van der Waals surface area contributed by atoms with Crippen LogP contribution in [-0.2, 0) is 10.2 Å². The van der Waals surface area contributed by atoms with Crippen LogP contribution in [0.15, 0.2) is 12.3 Å². The second kappa shape index (κ2) is 6.50. The van der Waals surface area contributed by atoms with Crippen LogP contribution in [0.1, 0.15) is 84.7 Å². The van der Waals surface area contributed by atoms with E-state index in [1.54, 1.807) is 0 Å². The van der Waals surface area contributed by atoms with Crippen LogP contribution >= 0.6 is 0 Å². The molecule has 0 bridgehead atoms. The SMILES string of the molecule is CC(C)(C)OC(=O)N1CCC2(CC1)CC(c1ccnc(C(C)(C)C)n1)C2. The lowest BCUT2D eigenvalue weighted by molar-refractivity contribution is -0.0126. The van der Waals surface area contributed by atoms with Gasteiger partial charge >= 0.3 is 6.09 Å². The van der Waals surface area contributed by atoms with Crippen molar-refractivity contribution < 1.29 is 9.53 Å². The quantitative estimate of drug-likeness (QED) is 0.731. The first-order valence-electron chi connectivity index (χ1n) is 9.79. The average Bonchev–Trinajstić information content (AvgIpc) is 2.50. The minimum Gasteiger partial charge on any atom is -0.444 e. The second-order valence-electron chi connectivity index (χ2n) is 10.1. The minimum atomic E-state index is -0.425. The van der Waals surface area contributed by atoms with Gasteiger partial charge in [-0.2, -0.15) is 0 Å². The van der Waals surface area contributed by atoms with Crippen LogP contribution in [0.4, 0.5) is 4.79 Å². The molecule has 1 spiro atoms. The lowest BCUT2D eigenvalue weighted by Gasteiger charge is -2.52. The van der Waals surface area contributed by atoms with Crippen molar-refractivity contribution in [3.8, 4) is 0 Å². The van der Waals surface area contributed by atoms with Gasteiger partial charge in [-0.3, -0.25) is 0 Å². The summed E-state index contributed by atoms with van der Waals surface area (Å²) < 4.78 is 5.50. The van der Waals surface area contributed by atoms with Gasteiger partial charge in [-0.05, 0) is 57.9 Å². The highest BCUT2D eigenvalue weighted by molar-refractivity contribution is 5.68. The number of amides is 1. The zero-order valence-electron chi connectivity index (χ0n) is 17.1. The zero-order valence-corrected chi connectivity index (χ0v) is 17.1. The number of carbonyl (C=O) groups excluding carboxylic acids is 1. The number of hydrogen-bond donors (Lipinski definition) is 0. The molecule has 2 fully saturated rings. The number of carbonyl (C=O) groups is 1. The largest absolute Gasteiger partial charge is 0.444 e. The Hall–Kier alpha value is -1.65. The molecule has 1 aromatic rings. The number of likely N-dealkylation sites (tertiary alicyclic amines) is 1. The van der Waals surface area contributed by atoms with Crippen LogP contribution in [0.25, 0.3) is 0 Å². The van der Waals surface area contributed by atoms with Crippen LogP contribution in [0.5, 0.6) is 0 Å². The van der Waals surface area contributed by atoms with Crippen LogP contribution < -0.4 is 0 Å². The van der Waals surface area contributed by atoms with E-state index in [0.29, 0.717) is 11.3 Å². The van der Waals surface area contributed by atoms with Crippen molar-refractivity contribution in [2.75, 3.05) is 13.1 Å². The fourth-order valence-corrected chi connectivity index (χ4v) is 4.05. The summed E-state index contributed by atoms with van der Waals surface area (Å²) in [5, 5.41) is 0. The van der Waals surface area contributed by atoms with E-state index in [2.05, 4.69) is 31.8 Å². The van der Waals surface area contributed by atoms with Crippen molar-refractivity contribution in [3.05, 3.63) is 23.8 Å². The van der Waals surface area contributed by atoms with Gasteiger partial charge in [0.1, 0.15) is 11.4 Å². The average molecular weight is 360 g/mol. The van der Waals surface area contributed by atoms with E-state index in [9.17, 15) is 4.79 Å². The summed E-state index contributed by atoms with van der Waals surface area (Å²) in [5.74, 6) is 1.46. The Labute approximate surface area is 157 Å². The predicted octanol–water partition coefficient (Wildman–Crippen LogP) is 4.67. The van der Waals surface area contributed by atoms with Crippen LogP contribution in [0.3, 0.4) is 0 Å². The van der Waals surface area contributed by atoms with Gasteiger partial charge in [0.05, 0.1) is 0 Å². The van der Waals surface area contributed by atoms with Gasteiger partial charge in [-0.15, -0.1) is 0 Å². The van der Waals surface area contributed by atoms with Gasteiger partial charge in [0.25, 0.3) is 0 Å². The number of hydrogen-bond acceptors (Lipinski definition) is 4. The summed E-state index contributed by atoms with van der Waals surface area (Å²) in [7, 11) is 0. The molecule has 1 saturated heterocycles. The van der Waals surface area contributed by atoms with Crippen molar-refractivity contribution in [2.45, 2.75) is 84.2 Å². The van der Waals surface area contributed by atoms with Gasteiger partial charge in [0, 0.05) is 36.3 Å². The third-order valence-electron chi connectivity index (χ3n) is 5.60. The number of nitrogens with zero attached hydrogens (tertiary/aromatic N) is 3. The van der Waals surface area contributed by atoms with Crippen molar-refractivity contribution in [1.29, 1.82) is 0 Å². The number of aromatic nitrogens is 2. The van der Waals surface area contributed by atoms with E-state index in [1.165, 1.54) is 18.5 Å². The lowest BCUT2D eigenvalue weighted by atomic mass is 9.57. The number of rotatable bonds is 1. The molecule has 1 amide bonds. The highest BCUT2D eigenvalue weighted by Gasteiger charge is 2.47. The molecular formula is C21H33N3O2. The molecule has 2 heterocycles. The molecule has 1 aromatic heterocycles. The minimum absolute atomic E-state index is 0.0177. The Bertz CT molecular complexity index is 657. The zero-order chi connectivity index (χ0) is 19.2. The first-order valence-corrected chi connectivity index (χ1v) is 9.79. The Balaban J connectivity index is 1.55. The van der Waals surface area contributed by atoms with E-state index in [1.807, 2.05) is 31.9 Å². The molecule has 1 aliphatic heterocycles. The summed E-state index contributed by atoms with van der Waals surface area (Å²) in [4.78, 5) is 23.4. The lowest BCUT2D eigenvalue weighted by Crippen LogP contribution is -2.49. The molecule has 5 nitrogen and oxygen atoms in total. The standard InChI is InChI=1S/C21H33N3O2/c1-19(2,3)17-22-10-7-16(23-17)15-13-21(14-15)8-11-24(12-9-21)18(25)26-20(4,5)6/h7,10,15H,8-9,11-14H2,1-6H3. The maximum atomic E-state index is 12.2. The molecule has 0 atom stereocenters. The first-order chi connectivity index (χ1) is 12.0. The molecule has 0 unspecified atom stereocenters. The molecule has 0 radical (unpaired) electrons. The van der Waals surface area contributed by atoms with Crippen molar-refractivity contribution >= 4 is 6.09 Å². The monoisotopic (exact) mass is 359 g/mol. The van der Waals surface area contributed by atoms with Gasteiger partial charge in [-0.1, -0.05) is 20.8 Å². The van der Waals surface area contributed by atoms with Gasteiger partial charge in [-0.25, -0.2) is 14.8 Å².